The number of halogens is 1. The van der Waals surface area contributed by atoms with E-state index >= 15 is 0 Å². The first-order valence-electron chi connectivity index (χ1n) is 8.56. The first-order valence-corrected chi connectivity index (χ1v) is 9.72. The topological polar surface area (TPSA) is 52.7 Å². The van der Waals surface area contributed by atoms with E-state index in [1.165, 1.54) is 5.56 Å². The van der Waals surface area contributed by atoms with E-state index in [2.05, 4.69) is 36.5 Å². The van der Waals surface area contributed by atoms with Crippen LogP contribution in [0.4, 0.5) is 0 Å². The molecule has 138 valence electrons. The van der Waals surface area contributed by atoms with E-state index in [9.17, 15) is 9.59 Å². The quantitative estimate of drug-likeness (QED) is 0.868. The molecule has 0 saturated carbocycles. The third-order valence-electron chi connectivity index (χ3n) is 4.87. The number of carbonyl (C=O) groups is 2. The molecule has 0 spiro atoms. The summed E-state index contributed by atoms with van der Waals surface area (Å²) in [4.78, 5) is 28.6. The van der Waals surface area contributed by atoms with Gasteiger partial charge in [0, 0.05) is 32.3 Å². The van der Waals surface area contributed by atoms with Gasteiger partial charge in [0.25, 0.3) is 0 Å². The minimum Gasteiger partial charge on any atom is -0.331 e. The molecular weight excluding hydrogens is 358 g/mol. The summed E-state index contributed by atoms with van der Waals surface area (Å²) in [5.41, 5.74) is 2.46. The number of hydrogen-bond donors (Lipinski definition) is 1. The second kappa shape index (κ2) is 8.92. The molecule has 7 heteroatoms. The Hall–Kier alpha value is -1.24. The van der Waals surface area contributed by atoms with Gasteiger partial charge in [-0.15, -0.1) is 24.2 Å². The molecule has 1 aromatic carbocycles. The predicted molar refractivity (Wildman–Crippen MR) is 104 cm³/mol. The minimum atomic E-state index is -0.317. The van der Waals surface area contributed by atoms with Gasteiger partial charge < -0.3 is 15.1 Å². The lowest BCUT2D eigenvalue weighted by Gasteiger charge is -2.39. The predicted octanol–water partition coefficient (Wildman–Crippen LogP) is 2.07. The van der Waals surface area contributed by atoms with Gasteiger partial charge in [-0.1, -0.05) is 31.2 Å². The number of carbonyl (C=O) groups excluding carboxylic acids is 2. The van der Waals surface area contributed by atoms with Crippen LogP contribution in [0, 0.1) is 0 Å². The lowest BCUT2D eigenvalue weighted by atomic mass is 10.00. The zero-order valence-electron chi connectivity index (χ0n) is 14.7. The second-order valence-corrected chi connectivity index (χ2v) is 7.35. The van der Waals surface area contributed by atoms with Crippen LogP contribution in [0.25, 0.3) is 0 Å². The highest BCUT2D eigenvalue weighted by Crippen LogP contribution is 2.28. The van der Waals surface area contributed by atoms with E-state index in [-0.39, 0.29) is 36.3 Å². The highest BCUT2D eigenvalue weighted by atomic mass is 35.5. The van der Waals surface area contributed by atoms with Gasteiger partial charge in [0.15, 0.2) is 0 Å². The van der Waals surface area contributed by atoms with Crippen LogP contribution in [0.2, 0.25) is 0 Å². The van der Waals surface area contributed by atoms with Crippen molar-refractivity contribution in [3.63, 3.8) is 0 Å². The SMILES string of the molecule is CCc1ccc(C2CNCCN2C(=O)C2CSCN2C(C)=O)cc1.Cl. The average Bonchev–Trinajstić information content (AvgIpc) is 3.11. The van der Waals surface area contributed by atoms with Gasteiger partial charge in [-0.3, -0.25) is 9.59 Å². The van der Waals surface area contributed by atoms with E-state index in [4.69, 9.17) is 0 Å². The third kappa shape index (κ3) is 4.30. The molecule has 1 N–H and O–H groups in total. The molecule has 0 bridgehead atoms. The molecule has 0 radical (unpaired) electrons. The van der Waals surface area contributed by atoms with Crippen molar-refractivity contribution in [2.24, 2.45) is 0 Å². The fraction of sp³-hybridized carbons (Fsp3) is 0.556. The molecule has 2 aliphatic rings. The van der Waals surface area contributed by atoms with E-state index < -0.39 is 0 Å². The smallest absolute Gasteiger partial charge is 0.246 e. The Morgan fingerprint density at radius 3 is 2.60 bits per heavy atom. The van der Waals surface area contributed by atoms with Crippen molar-refractivity contribution in [2.75, 3.05) is 31.3 Å². The molecule has 2 saturated heterocycles. The maximum Gasteiger partial charge on any atom is 0.246 e. The summed E-state index contributed by atoms with van der Waals surface area (Å²) >= 11 is 1.65. The van der Waals surface area contributed by atoms with Crippen molar-refractivity contribution in [1.29, 1.82) is 0 Å². The number of aryl methyl sites for hydroxylation is 1. The number of nitrogens with one attached hydrogen (secondary N) is 1. The van der Waals surface area contributed by atoms with E-state index in [0.717, 1.165) is 25.1 Å². The van der Waals surface area contributed by atoms with Crippen LogP contribution < -0.4 is 5.32 Å². The maximum atomic E-state index is 13.1. The molecule has 2 unspecified atom stereocenters. The lowest BCUT2D eigenvalue weighted by Crippen LogP contribution is -2.55. The summed E-state index contributed by atoms with van der Waals surface area (Å²) in [6.45, 7) is 5.93. The lowest BCUT2D eigenvalue weighted by molar-refractivity contribution is -0.144. The van der Waals surface area contributed by atoms with Crippen LogP contribution >= 0.6 is 24.2 Å². The monoisotopic (exact) mass is 383 g/mol. The van der Waals surface area contributed by atoms with Crippen LogP contribution in [-0.4, -0.2) is 58.9 Å². The summed E-state index contributed by atoms with van der Waals surface area (Å²) in [6, 6.07) is 8.26. The Labute approximate surface area is 159 Å². The van der Waals surface area contributed by atoms with E-state index in [1.807, 2.05) is 4.90 Å². The molecule has 1 aromatic rings. The van der Waals surface area contributed by atoms with Crippen molar-refractivity contribution in [3.05, 3.63) is 35.4 Å². The molecule has 5 nitrogen and oxygen atoms in total. The number of nitrogens with zero attached hydrogens (tertiary/aromatic N) is 2. The molecule has 2 heterocycles. The molecule has 25 heavy (non-hydrogen) atoms. The van der Waals surface area contributed by atoms with Crippen LogP contribution in [0.15, 0.2) is 24.3 Å². The van der Waals surface area contributed by atoms with Gasteiger partial charge in [-0.05, 0) is 17.5 Å². The van der Waals surface area contributed by atoms with Crippen molar-refractivity contribution in [1.82, 2.24) is 15.1 Å². The van der Waals surface area contributed by atoms with Crippen molar-refractivity contribution < 1.29 is 9.59 Å². The standard InChI is InChI=1S/C18H25N3O2S.ClH/c1-3-14-4-6-15(7-5-14)16-10-19-8-9-20(16)18(23)17-11-24-12-21(17)13(2)22;/h4-7,16-17,19H,3,8-12H2,1-2H3;1H. The zero-order valence-corrected chi connectivity index (χ0v) is 16.4. The maximum absolute atomic E-state index is 13.1. The highest BCUT2D eigenvalue weighted by molar-refractivity contribution is 7.99. The Balaban J connectivity index is 0.00000225. The molecule has 2 aliphatic heterocycles. The van der Waals surface area contributed by atoms with Gasteiger partial charge in [-0.25, -0.2) is 0 Å². The van der Waals surface area contributed by atoms with Crippen LogP contribution in [0.5, 0.6) is 0 Å². The molecule has 0 aromatic heterocycles. The van der Waals surface area contributed by atoms with Crippen molar-refractivity contribution >= 4 is 36.0 Å². The van der Waals surface area contributed by atoms with Crippen molar-refractivity contribution in [3.8, 4) is 0 Å². The van der Waals surface area contributed by atoms with Crippen molar-refractivity contribution in [2.45, 2.75) is 32.4 Å². The number of rotatable bonds is 3. The third-order valence-corrected chi connectivity index (χ3v) is 5.88. The van der Waals surface area contributed by atoms with Gasteiger partial charge in [0.1, 0.15) is 6.04 Å². The first-order chi connectivity index (χ1) is 11.6. The molecule has 3 rings (SSSR count). The summed E-state index contributed by atoms with van der Waals surface area (Å²) in [5, 5.41) is 3.39. The zero-order chi connectivity index (χ0) is 17.1. The Bertz CT molecular complexity index is 611. The summed E-state index contributed by atoms with van der Waals surface area (Å²) in [7, 11) is 0. The second-order valence-electron chi connectivity index (χ2n) is 6.35. The number of amides is 2. The van der Waals surface area contributed by atoms with Gasteiger partial charge in [0.05, 0.1) is 11.9 Å². The van der Waals surface area contributed by atoms with Crippen LogP contribution in [0.3, 0.4) is 0 Å². The van der Waals surface area contributed by atoms with Crippen LogP contribution in [0.1, 0.15) is 31.0 Å². The minimum absolute atomic E-state index is 0. The van der Waals surface area contributed by atoms with Gasteiger partial charge in [0.2, 0.25) is 11.8 Å². The Morgan fingerprint density at radius 2 is 1.96 bits per heavy atom. The first kappa shape index (κ1) is 20.1. The number of hydrogen-bond acceptors (Lipinski definition) is 4. The number of benzene rings is 1. The Kier molecular flexibility index (Phi) is 7.16. The summed E-state index contributed by atoms with van der Waals surface area (Å²) in [6.07, 6.45) is 1.01. The van der Waals surface area contributed by atoms with E-state index in [1.54, 1.807) is 23.6 Å². The fourth-order valence-electron chi connectivity index (χ4n) is 3.39. The average molecular weight is 384 g/mol. The highest BCUT2D eigenvalue weighted by Gasteiger charge is 2.38. The van der Waals surface area contributed by atoms with Gasteiger partial charge >= 0.3 is 0 Å². The van der Waals surface area contributed by atoms with E-state index in [0.29, 0.717) is 18.2 Å². The van der Waals surface area contributed by atoms with Gasteiger partial charge in [-0.2, -0.15) is 0 Å². The largest absolute Gasteiger partial charge is 0.331 e. The fourth-order valence-corrected chi connectivity index (χ4v) is 4.60. The summed E-state index contributed by atoms with van der Waals surface area (Å²) < 4.78 is 0. The number of piperazine rings is 1. The molecule has 2 amide bonds. The molecule has 0 aliphatic carbocycles. The Morgan fingerprint density at radius 1 is 1.24 bits per heavy atom. The van der Waals surface area contributed by atoms with Crippen LogP contribution in [-0.2, 0) is 16.0 Å². The molecule has 2 fully saturated rings. The summed E-state index contributed by atoms with van der Waals surface area (Å²) in [5.74, 6) is 1.39. The normalized spacial score (nSPS) is 23.3. The molecule has 2 atom stereocenters. The molecular formula is C18H26ClN3O2S. The number of thioether (sulfide) groups is 1.